The molecule has 0 saturated heterocycles. The highest BCUT2D eigenvalue weighted by Gasteiger charge is 2.21. The zero-order valence-electron chi connectivity index (χ0n) is 12.6. The average Bonchev–Trinajstić information content (AvgIpc) is 2.38. The summed E-state index contributed by atoms with van der Waals surface area (Å²) in [7, 11) is 0. The summed E-state index contributed by atoms with van der Waals surface area (Å²) in [4.78, 5) is 0. The van der Waals surface area contributed by atoms with Crippen LogP contribution >= 0.6 is 0 Å². The van der Waals surface area contributed by atoms with Crippen LogP contribution in [0.15, 0.2) is 24.3 Å². The molecule has 1 fully saturated rings. The highest BCUT2D eigenvalue weighted by atomic mass is 14.3. The van der Waals surface area contributed by atoms with Crippen LogP contribution in [0.4, 0.5) is 0 Å². The molecule has 0 aromatic heterocycles. The summed E-state index contributed by atoms with van der Waals surface area (Å²) in [6.07, 6.45) is 13.6. The first-order valence-corrected chi connectivity index (χ1v) is 7.93. The number of hydrogen-bond acceptors (Lipinski definition) is 0. The molecule has 18 heavy (non-hydrogen) atoms. The Labute approximate surface area is 115 Å². The third-order valence-electron chi connectivity index (χ3n) is 4.60. The van der Waals surface area contributed by atoms with Crippen molar-refractivity contribution in [2.45, 2.75) is 78.1 Å². The number of allylic oxidation sites excluding steroid dienone is 2. The van der Waals surface area contributed by atoms with Crippen LogP contribution in [0.5, 0.6) is 0 Å². The van der Waals surface area contributed by atoms with Gasteiger partial charge in [-0.25, -0.2) is 0 Å². The van der Waals surface area contributed by atoms with Crippen LogP contribution < -0.4 is 0 Å². The van der Waals surface area contributed by atoms with Gasteiger partial charge in [0.25, 0.3) is 0 Å². The predicted molar refractivity (Wildman–Crippen MR) is 82.8 cm³/mol. The SMILES string of the molecule is C=C(C)CCCCCC(=C)C(C)C1CCCCC1. The molecule has 1 atom stereocenters. The summed E-state index contributed by atoms with van der Waals surface area (Å²) in [6, 6.07) is 0. The van der Waals surface area contributed by atoms with Crippen LogP contribution in [0, 0.1) is 11.8 Å². The zero-order valence-corrected chi connectivity index (χ0v) is 12.6. The fourth-order valence-corrected chi connectivity index (χ4v) is 3.15. The fraction of sp³-hybridized carbons (Fsp3) is 0.778. The molecule has 0 heteroatoms. The minimum absolute atomic E-state index is 0.756. The summed E-state index contributed by atoms with van der Waals surface area (Å²) in [5.41, 5.74) is 2.83. The molecule has 1 aliphatic rings. The summed E-state index contributed by atoms with van der Waals surface area (Å²) in [5.74, 6) is 1.69. The lowest BCUT2D eigenvalue weighted by Gasteiger charge is -2.29. The van der Waals surface area contributed by atoms with Crippen LogP contribution in [0.3, 0.4) is 0 Å². The van der Waals surface area contributed by atoms with Gasteiger partial charge in [-0.2, -0.15) is 0 Å². The van der Waals surface area contributed by atoms with E-state index in [4.69, 9.17) is 0 Å². The summed E-state index contributed by atoms with van der Waals surface area (Å²) in [5, 5.41) is 0. The van der Waals surface area contributed by atoms with Crippen molar-refractivity contribution in [1.29, 1.82) is 0 Å². The predicted octanol–water partition coefficient (Wildman–Crippen LogP) is 6.29. The summed E-state index contributed by atoms with van der Waals surface area (Å²) < 4.78 is 0. The molecule has 1 aliphatic carbocycles. The fourth-order valence-electron chi connectivity index (χ4n) is 3.15. The monoisotopic (exact) mass is 248 g/mol. The van der Waals surface area contributed by atoms with Crippen molar-refractivity contribution < 1.29 is 0 Å². The quantitative estimate of drug-likeness (QED) is 0.350. The van der Waals surface area contributed by atoms with E-state index in [1.165, 1.54) is 75.4 Å². The molecule has 0 radical (unpaired) electrons. The number of hydrogen-bond donors (Lipinski definition) is 0. The molecule has 0 aliphatic heterocycles. The van der Waals surface area contributed by atoms with Crippen molar-refractivity contribution in [3.05, 3.63) is 24.3 Å². The minimum atomic E-state index is 0.756. The Balaban J connectivity index is 2.13. The lowest BCUT2D eigenvalue weighted by Crippen LogP contribution is -2.16. The molecule has 0 aromatic rings. The maximum atomic E-state index is 4.35. The van der Waals surface area contributed by atoms with E-state index in [1.54, 1.807) is 0 Å². The standard InChI is InChI=1S/C18H32/c1-15(2)11-7-5-8-12-16(3)17(4)18-13-9-6-10-14-18/h17-18H,1,3,5-14H2,2,4H3. The number of unbranched alkanes of at least 4 members (excludes halogenated alkanes) is 2. The molecule has 104 valence electrons. The lowest BCUT2D eigenvalue weighted by atomic mass is 9.77. The largest absolute Gasteiger partial charge is 0.100 e. The van der Waals surface area contributed by atoms with Gasteiger partial charge in [0.05, 0.1) is 0 Å². The van der Waals surface area contributed by atoms with Crippen molar-refractivity contribution in [3.63, 3.8) is 0 Å². The molecule has 0 bridgehead atoms. The Morgan fingerprint density at radius 2 is 1.61 bits per heavy atom. The minimum Gasteiger partial charge on any atom is -0.100 e. The van der Waals surface area contributed by atoms with Crippen LogP contribution in [-0.2, 0) is 0 Å². The van der Waals surface area contributed by atoms with Gasteiger partial charge in [0.15, 0.2) is 0 Å². The van der Waals surface area contributed by atoms with E-state index in [0.29, 0.717) is 0 Å². The average molecular weight is 248 g/mol. The van der Waals surface area contributed by atoms with Crippen molar-refractivity contribution in [2.75, 3.05) is 0 Å². The van der Waals surface area contributed by atoms with Crippen molar-refractivity contribution >= 4 is 0 Å². The van der Waals surface area contributed by atoms with Gasteiger partial charge < -0.3 is 0 Å². The van der Waals surface area contributed by atoms with Gasteiger partial charge in [0, 0.05) is 0 Å². The van der Waals surface area contributed by atoms with E-state index in [9.17, 15) is 0 Å². The van der Waals surface area contributed by atoms with Gasteiger partial charge >= 0.3 is 0 Å². The van der Waals surface area contributed by atoms with Crippen molar-refractivity contribution in [3.8, 4) is 0 Å². The molecule has 1 saturated carbocycles. The van der Waals surface area contributed by atoms with Crippen molar-refractivity contribution in [2.24, 2.45) is 11.8 Å². The van der Waals surface area contributed by atoms with Crippen LogP contribution in [0.25, 0.3) is 0 Å². The third kappa shape index (κ3) is 5.89. The van der Waals surface area contributed by atoms with Gasteiger partial charge in [0.1, 0.15) is 0 Å². The van der Waals surface area contributed by atoms with Crippen molar-refractivity contribution in [1.82, 2.24) is 0 Å². The lowest BCUT2D eigenvalue weighted by molar-refractivity contribution is 0.286. The Hall–Kier alpha value is -0.520. The highest BCUT2D eigenvalue weighted by Crippen LogP contribution is 2.34. The highest BCUT2D eigenvalue weighted by molar-refractivity contribution is 5.01. The molecule has 1 unspecified atom stereocenters. The second-order valence-electron chi connectivity index (χ2n) is 6.36. The third-order valence-corrected chi connectivity index (χ3v) is 4.60. The Morgan fingerprint density at radius 1 is 1.00 bits per heavy atom. The summed E-state index contributed by atoms with van der Waals surface area (Å²) >= 11 is 0. The first-order valence-electron chi connectivity index (χ1n) is 7.93. The first-order chi connectivity index (χ1) is 8.61. The topological polar surface area (TPSA) is 0 Å². The molecule has 0 nitrogen and oxygen atoms in total. The van der Waals surface area contributed by atoms with Gasteiger partial charge in [-0.05, 0) is 57.3 Å². The second kappa shape index (κ2) is 8.56. The van der Waals surface area contributed by atoms with Gasteiger partial charge in [-0.3, -0.25) is 0 Å². The maximum absolute atomic E-state index is 4.35. The Bertz CT molecular complexity index is 255. The first kappa shape index (κ1) is 15.5. The molecule has 0 heterocycles. The normalized spacial score (nSPS) is 18.6. The molecule has 0 amide bonds. The Morgan fingerprint density at radius 3 is 2.22 bits per heavy atom. The molecule has 0 aromatic carbocycles. The Kier molecular flexibility index (Phi) is 7.39. The molecule has 1 rings (SSSR count). The van der Waals surface area contributed by atoms with E-state index >= 15 is 0 Å². The molecule has 0 spiro atoms. The van der Waals surface area contributed by atoms with Gasteiger partial charge in [-0.15, -0.1) is 6.58 Å². The van der Waals surface area contributed by atoms with Crippen LogP contribution in [0.1, 0.15) is 78.1 Å². The number of rotatable bonds is 8. The van der Waals surface area contributed by atoms with Gasteiger partial charge in [0.2, 0.25) is 0 Å². The van der Waals surface area contributed by atoms with Gasteiger partial charge in [-0.1, -0.05) is 50.3 Å². The van der Waals surface area contributed by atoms with Crippen LogP contribution in [0.2, 0.25) is 0 Å². The summed E-state index contributed by atoms with van der Waals surface area (Å²) in [6.45, 7) is 12.8. The van der Waals surface area contributed by atoms with E-state index < -0.39 is 0 Å². The van der Waals surface area contributed by atoms with E-state index in [-0.39, 0.29) is 0 Å². The molecular formula is C18H32. The van der Waals surface area contributed by atoms with E-state index in [1.807, 2.05) is 0 Å². The molecular weight excluding hydrogens is 216 g/mol. The maximum Gasteiger partial charge on any atom is -0.0206 e. The zero-order chi connectivity index (χ0) is 13.4. The van der Waals surface area contributed by atoms with E-state index in [0.717, 1.165) is 11.8 Å². The van der Waals surface area contributed by atoms with E-state index in [2.05, 4.69) is 27.0 Å². The smallest absolute Gasteiger partial charge is 0.0206 e. The molecule has 0 N–H and O–H groups in total. The van der Waals surface area contributed by atoms with Crippen LogP contribution in [-0.4, -0.2) is 0 Å². The second-order valence-corrected chi connectivity index (χ2v) is 6.36.